The maximum atomic E-state index is 12.1. The summed E-state index contributed by atoms with van der Waals surface area (Å²) < 4.78 is 21.5. The smallest absolute Gasteiger partial charge is 0.359 e. The average Bonchev–Trinajstić information content (AvgIpc) is 3.54. The highest BCUT2D eigenvalue weighted by Crippen LogP contribution is 2.27. The number of nitrogens with two attached hydrogens (primary N) is 1. The highest BCUT2D eigenvalue weighted by Gasteiger charge is 2.27. The molecule has 0 atom stereocenters. The van der Waals surface area contributed by atoms with Crippen LogP contribution in [0.2, 0.25) is 0 Å². The van der Waals surface area contributed by atoms with Crippen LogP contribution in [-0.4, -0.2) is 51.3 Å². The molecule has 1 amide bonds. The molecule has 0 aliphatic carbocycles. The molecule has 2 aromatic carbocycles. The van der Waals surface area contributed by atoms with Crippen LogP contribution in [0.15, 0.2) is 57.5 Å². The minimum atomic E-state index is -0.494. The van der Waals surface area contributed by atoms with Crippen molar-refractivity contribution in [2.45, 2.75) is 33.0 Å². The zero-order chi connectivity index (χ0) is 28.2. The van der Waals surface area contributed by atoms with Crippen molar-refractivity contribution in [1.82, 2.24) is 19.6 Å². The minimum Gasteiger partial charge on any atom is -0.461 e. The zero-order valence-electron chi connectivity index (χ0n) is 21.7. The second-order valence-corrected chi connectivity index (χ2v) is 10.9. The van der Waals surface area contributed by atoms with Gasteiger partial charge in [0, 0.05) is 32.9 Å². The number of carbonyl (C=O) groups excluding carboxylic acids is 2. The molecule has 208 valence electrons. The first-order valence-electron chi connectivity index (χ1n) is 12.7. The van der Waals surface area contributed by atoms with Crippen molar-refractivity contribution in [2.24, 2.45) is 5.73 Å². The highest BCUT2D eigenvalue weighted by molar-refractivity contribution is 9.10. The molecule has 2 aliphatic heterocycles. The van der Waals surface area contributed by atoms with E-state index in [0.29, 0.717) is 57.3 Å². The first-order valence-corrected chi connectivity index (χ1v) is 14.3. The van der Waals surface area contributed by atoms with Crippen LogP contribution in [0, 0.1) is 0 Å². The van der Waals surface area contributed by atoms with Gasteiger partial charge in [0.2, 0.25) is 0 Å². The second kappa shape index (κ2) is 12.5. The highest BCUT2D eigenvalue weighted by atomic mass is 79.9. The second-order valence-electron chi connectivity index (χ2n) is 9.02. The van der Waals surface area contributed by atoms with E-state index in [1.54, 1.807) is 16.3 Å². The third-order valence-electron chi connectivity index (χ3n) is 6.46. The summed E-state index contributed by atoms with van der Waals surface area (Å²) >= 11 is 6.88. The van der Waals surface area contributed by atoms with E-state index in [9.17, 15) is 9.59 Å². The Balaban J connectivity index is 0.000000162. The molecule has 4 heterocycles. The van der Waals surface area contributed by atoms with Crippen LogP contribution in [0.5, 0.6) is 0 Å². The maximum absolute atomic E-state index is 12.1. The van der Waals surface area contributed by atoms with Gasteiger partial charge in [-0.2, -0.15) is 10.2 Å². The summed E-state index contributed by atoms with van der Waals surface area (Å²) in [5.74, 6) is -0.865. The van der Waals surface area contributed by atoms with Gasteiger partial charge in [-0.1, -0.05) is 44.0 Å². The molecule has 0 spiro atoms. The number of amides is 1. The monoisotopic (exact) mass is 671 g/mol. The first-order chi connectivity index (χ1) is 19.4. The number of aromatic nitrogens is 4. The fraction of sp³-hybridized carbons (Fsp3) is 0.286. The number of primary amides is 1. The van der Waals surface area contributed by atoms with Crippen LogP contribution >= 0.6 is 31.9 Å². The Bertz CT molecular complexity index is 1560. The summed E-state index contributed by atoms with van der Waals surface area (Å²) in [4.78, 5) is 23.6. The third-order valence-corrected chi connectivity index (χ3v) is 7.44. The van der Waals surface area contributed by atoms with Gasteiger partial charge in [-0.05, 0) is 43.3 Å². The van der Waals surface area contributed by atoms with Gasteiger partial charge in [0.1, 0.15) is 0 Å². The van der Waals surface area contributed by atoms with Gasteiger partial charge in [0.15, 0.2) is 11.4 Å². The molecule has 12 heteroatoms. The summed E-state index contributed by atoms with van der Waals surface area (Å²) in [7, 11) is 0. The quantitative estimate of drug-likeness (QED) is 0.305. The molecular weight excluding hydrogens is 646 g/mol. The largest absolute Gasteiger partial charge is 0.461 e. The SMILES string of the molecule is CCOC(=O)c1nn(-c2cccc(Br)c2)c2c1CCOC2.NC(=O)c1nn(-c2cccc(Br)c2)c2c1CCOC2. The standard InChI is InChI=1S/C15H15BrN2O3.C13H12BrN3O2/c1-2-21-15(19)14-12-6-7-20-9-13(12)18(17-14)11-5-3-4-10(16)8-11;14-8-2-1-3-9(6-8)17-11-7-19-5-4-10(11)12(16-17)13(15)18/h3-5,8H,2,6-7,9H2,1H3;1-3,6H,4-5,7H2,(H2,15,18). The van der Waals surface area contributed by atoms with E-state index in [0.717, 1.165) is 42.8 Å². The van der Waals surface area contributed by atoms with Gasteiger partial charge in [-0.25, -0.2) is 14.2 Å². The van der Waals surface area contributed by atoms with Crippen LogP contribution in [0.25, 0.3) is 11.4 Å². The van der Waals surface area contributed by atoms with Crippen LogP contribution in [0.4, 0.5) is 0 Å². The number of hydrogen-bond acceptors (Lipinski definition) is 7. The van der Waals surface area contributed by atoms with Crippen molar-refractivity contribution >= 4 is 43.7 Å². The Hall–Kier alpha value is -3.32. The normalized spacial score (nSPS) is 14.0. The summed E-state index contributed by atoms with van der Waals surface area (Å²) in [6.45, 7) is 4.23. The molecule has 0 saturated heterocycles. The Morgan fingerprint density at radius 3 is 1.85 bits per heavy atom. The summed E-state index contributed by atoms with van der Waals surface area (Å²) in [6.07, 6.45) is 1.35. The first kappa shape index (κ1) is 28.2. The number of esters is 1. The Morgan fingerprint density at radius 2 is 1.38 bits per heavy atom. The zero-order valence-corrected chi connectivity index (χ0v) is 24.9. The predicted octanol–water partition coefficient (Wildman–Crippen LogP) is 4.69. The van der Waals surface area contributed by atoms with E-state index in [4.69, 9.17) is 19.9 Å². The van der Waals surface area contributed by atoms with Crippen molar-refractivity contribution in [3.05, 3.63) is 91.4 Å². The number of rotatable bonds is 5. The fourth-order valence-corrected chi connectivity index (χ4v) is 5.46. The topological polar surface area (TPSA) is 123 Å². The lowest BCUT2D eigenvalue weighted by Gasteiger charge is -2.15. The van der Waals surface area contributed by atoms with E-state index in [1.165, 1.54) is 0 Å². The van der Waals surface area contributed by atoms with E-state index in [2.05, 4.69) is 42.1 Å². The van der Waals surface area contributed by atoms with E-state index >= 15 is 0 Å². The van der Waals surface area contributed by atoms with Crippen LogP contribution < -0.4 is 5.73 Å². The van der Waals surface area contributed by atoms with Crippen LogP contribution in [0.1, 0.15) is 50.4 Å². The van der Waals surface area contributed by atoms with E-state index in [-0.39, 0.29) is 5.97 Å². The van der Waals surface area contributed by atoms with Crippen molar-refractivity contribution in [3.63, 3.8) is 0 Å². The Labute approximate surface area is 247 Å². The Morgan fingerprint density at radius 1 is 0.875 bits per heavy atom. The molecule has 0 bridgehead atoms. The lowest BCUT2D eigenvalue weighted by Crippen LogP contribution is -2.17. The van der Waals surface area contributed by atoms with Gasteiger partial charge < -0.3 is 19.9 Å². The molecule has 0 saturated carbocycles. The van der Waals surface area contributed by atoms with E-state index in [1.807, 2.05) is 48.5 Å². The number of carbonyl (C=O) groups is 2. The molecule has 4 aromatic rings. The van der Waals surface area contributed by atoms with Gasteiger partial charge in [0.25, 0.3) is 5.91 Å². The molecular formula is C28H27Br2N5O5. The number of ether oxygens (including phenoxy) is 3. The molecule has 40 heavy (non-hydrogen) atoms. The molecule has 0 unspecified atom stereocenters. The summed E-state index contributed by atoms with van der Waals surface area (Å²) in [5, 5.41) is 8.81. The fourth-order valence-electron chi connectivity index (χ4n) is 4.68. The van der Waals surface area contributed by atoms with Crippen LogP contribution in [0.3, 0.4) is 0 Å². The number of nitrogens with zero attached hydrogens (tertiary/aromatic N) is 4. The molecule has 10 nitrogen and oxygen atoms in total. The van der Waals surface area contributed by atoms with Crippen molar-refractivity contribution < 1.29 is 23.8 Å². The molecule has 2 aromatic heterocycles. The lowest BCUT2D eigenvalue weighted by molar-refractivity contribution is 0.0515. The van der Waals surface area contributed by atoms with Gasteiger partial charge in [-0.15, -0.1) is 0 Å². The van der Waals surface area contributed by atoms with Crippen LogP contribution in [-0.2, 0) is 40.3 Å². The molecule has 6 rings (SSSR count). The van der Waals surface area contributed by atoms with Gasteiger partial charge in [0.05, 0.1) is 55.8 Å². The number of benzene rings is 2. The molecule has 0 fully saturated rings. The maximum Gasteiger partial charge on any atom is 0.359 e. The minimum absolute atomic E-state index is 0.341. The lowest BCUT2D eigenvalue weighted by atomic mass is 10.1. The van der Waals surface area contributed by atoms with Crippen molar-refractivity contribution in [2.75, 3.05) is 19.8 Å². The van der Waals surface area contributed by atoms with Crippen molar-refractivity contribution in [3.8, 4) is 11.4 Å². The van der Waals surface area contributed by atoms with Gasteiger partial charge >= 0.3 is 5.97 Å². The number of hydrogen-bond donors (Lipinski definition) is 1. The molecule has 2 aliphatic rings. The summed E-state index contributed by atoms with van der Waals surface area (Å²) in [6, 6.07) is 15.5. The third kappa shape index (κ3) is 5.90. The van der Waals surface area contributed by atoms with E-state index < -0.39 is 5.91 Å². The van der Waals surface area contributed by atoms with Gasteiger partial charge in [-0.3, -0.25) is 4.79 Å². The van der Waals surface area contributed by atoms with Crippen molar-refractivity contribution in [1.29, 1.82) is 0 Å². The average molecular weight is 673 g/mol. The Kier molecular flexibility index (Phi) is 8.79. The number of halogens is 2. The predicted molar refractivity (Wildman–Crippen MR) is 154 cm³/mol. The molecule has 2 N–H and O–H groups in total. The summed E-state index contributed by atoms with van der Waals surface area (Å²) in [5.41, 5.74) is 11.6. The number of fused-ring (bicyclic) bond motifs is 2. The molecule has 0 radical (unpaired) electrons.